The Morgan fingerprint density at radius 1 is 1.25 bits per heavy atom. The van der Waals surface area contributed by atoms with E-state index in [0.717, 1.165) is 35.4 Å². The maximum Gasteiger partial charge on any atom is 0.176 e. The molecule has 108 valence electrons. The van der Waals surface area contributed by atoms with Crippen molar-refractivity contribution in [2.75, 3.05) is 0 Å². The van der Waals surface area contributed by atoms with Gasteiger partial charge in [-0.2, -0.15) is 0 Å². The Hall–Kier alpha value is -1.48. The molecule has 0 saturated heterocycles. The van der Waals surface area contributed by atoms with Gasteiger partial charge in [-0.3, -0.25) is 0 Å². The first-order chi connectivity index (χ1) is 9.23. The molecule has 1 aliphatic heterocycles. The maximum atomic E-state index is 6.05. The van der Waals surface area contributed by atoms with Gasteiger partial charge in [0.2, 0.25) is 0 Å². The molecule has 0 atom stereocenters. The molecular formula is C17H23NO2. The molecule has 0 amide bonds. The van der Waals surface area contributed by atoms with E-state index in [-0.39, 0.29) is 11.1 Å². The first-order valence-electron chi connectivity index (χ1n) is 7.22. The molecule has 3 nitrogen and oxygen atoms in total. The quantitative estimate of drug-likeness (QED) is 0.897. The fourth-order valence-corrected chi connectivity index (χ4v) is 2.63. The average molecular weight is 273 g/mol. The van der Waals surface area contributed by atoms with Gasteiger partial charge >= 0.3 is 0 Å². The highest BCUT2D eigenvalue weighted by atomic mass is 16.5. The first kappa shape index (κ1) is 13.5. The molecule has 0 radical (unpaired) electrons. The van der Waals surface area contributed by atoms with Crippen LogP contribution in [-0.4, -0.2) is 11.1 Å². The standard InChI is InChI=1S/C17H23NO2/c1-16(2,3)18-10-13-8-11-6-7-12-9-17(4,5)20-15(12)14(11)19-13/h6-8,18H,9-10H2,1-5H3. The molecule has 0 spiro atoms. The smallest absolute Gasteiger partial charge is 0.176 e. The minimum atomic E-state index is -0.132. The summed E-state index contributed by atoms with van der Waals surface area (Å²) < 4.78 is 12.1. The number of hydrogen-bond acceptors (Lipinski definition) is 3. The van der Waals surface area contributed by atoms with E-state index < -0.39 is 0 Å². The van der Waals surface area contributed by atoms with Crippen LogP contribution in [0.15, 0.2) is 22.6 Å². The van der Waals surface area contributed by atoms with Crippen LogP contribution in [0, 0.1) is 0 Å². The van der Waals surface area contributed by atoms with Gasteiger partial charge in [-0.05, 0) is 40.7 Å². The topological polar surface area (TPSA) is 34.4 Å². The third kappa shape index (κ3) is 2.55. The number of rotatable bonds is 2. The Morgan fingerprint density at radius 3 is 2.70 bits per heavy atom. The normalized spacial score (nSPS) is 17.2. The SMILES string of the molecule is CC(C)(C)NCc1cc2ccc3c(c2o1)OC(C)(C)C3. The van der Waals surface area contributed by atoms with Crippen molar-refractivity contribution in [3.8, 4) is 5.75 Å². The van der Waals surface area contributed by atoms with Crippen LogP contribution in [0.5, 0.6) is 5.75 Å². The highest BCUT2D eigenvalue weighted by molar-refractivity contribution is 5.85. The maximum absolute atomic E-state index is 6.05. The molecule has 3 heteroatoms. The van der Waals surface area contributed by atoms with Gasteiger partial charge in [0.15, 0.2) is 11.3 Å². The van der Waals surface area contributed by atoms with Gasteiger partial charge in [-0.15, -0.1) is 0 Å². The van der Waals surface area contributed by atoms with Gasteiger partial charge in [0, 0.05) is 22.9 Å². The van der Waals surface area contributed by atoms with E-state index in [1.807, 2.05) is 0 Å². The average Bonchev–Trinajstić information content (AvgIpc) is 2.83. The predicted octanol–water partition coefficient (Wildman–Crippen LogP) is 4.03. The molecule has 1 aromatic heterocycles. The van der Waals surface area contributed by atoms with E-state index in [9.17, 15) is 0 Å². The summed E-state index contributed by atoms with van der Waals surface area (Å²) in [5.41, 5.74) is 2.08. The number of hydrogen-bond donors (Lipinski definition) is 1. The summed E-state index contributed by atoms with van der Waals surface area (Å²) in [7, 11) is 0. The summed E-state index contributed by atoms with van der Waals surface area (Å²) in [6.07, 6.45) is 0.939. The van der Waals surface area contributed by atoms with Crippen LogP contribution in [0.3, 0.4) is 0 Å². The fourth-order valence-electron chi connectivity index (χ4n) is 2.63. The lowest BCUT2D eigenvalue weighted by Crippen LogP contribution is -2.34. The lowest BCUT2D eigenvalue weighted by Gasteiger charge is -2.19. The molecule has 3 rings (SSSR count). The second kappa shape index (κ2) is 4.26. The molecule has 20 heavy (non-hydrogen) atoms. The number of furan rings is 1. The highest BCUT2D eigenvalue weighted by Gasteiger charge is 2.32. The zero-order chi connectivity index (χ0) is 14.5. The van der Waals surface area contributed by atoms with Gasteiger partial charge in [-0.1, -0.05) is 12.1 Å². The number of nitrogens with one attached hydrogen (secondary N) is 1. The van der Waals surface area contributed by atoms with Gasteiger partial charge in [-0.25, -0.2) is 0 Å². The largest absolute Gasteiger partial charge is 0.483 e. The van der Waals surface area contributed by atoms with Crippen molar-refractivity contribution in [1.82, 2.24) is 5.32 Å². The third-order valence-corrected chi connectivity index (χ3v) is 3.56. The molecule has 0 bridgehead atoms. The van der Waals surface area contributed by atoms with E-state index in [2.05, 4.69) is 58.1 Å². The number of benzene rings is 1. The second-order valence-corrected chi connectivity index (χ2v) is 7.33. The van der Waals surface area contributed by atoms with Crippen molar-refractivity contribution in [3.05, 3.63) is 29.5 Å². The van der Waals surface area contributed by atoms with E-state index in [0.29, 0.717) is 0 Å². The third-order valence-electron chi connectivity index (χ3n) is 3.56. The van der Waals surface area contributed by atoms with Crippen LogP contribution in [0.1, 0.15) is 45.9 Å². The number of fused-ring (bicyclic) bond motifs is 3. The van der Waals surface area contributed by atoms with Crippen LogP contribution >= 0.6 is 0 Å². The van der Waals surface area contributed by atoms with E-state index in [4.69, 9.17) is 9.15 Å². The van der Waals surface area contributed by atoms with Crippen LogP contribution in [-0.2, 0) is 13.0 Å². The first-order valence-corrected chi connectivity index (χ1v) is 7.22. The lowest BCUT2D eigenvalue weighted by molar-refractivity contribution is 0.138. The van der Waals surface area contributed by atoms with Crippen molar-refractivity contribution in [2.24, 2.45) is 0 Å². The molecule has 1 N–H and O–H groups in total. The summed E-state index contributed by atoms with van der Waals surface area (Å²) in [5.74, 6) is 1.88. The summed E-state index contributed by atoms with van der Waals surface area (Å²) in [4.78, 5) is 0. The summed E-state index contributed by atoms with van der Waals surface area (Å²) >= 11 is 0. The monoisotopic (exact) mass is 273 g/mol. The Labute approximate surface area is 120 Å². The molecular weight excluding hydrogens is 250 g/mol. The molecule has 2 aromatic rings. The minimum absolute atomic E-state index is 0.0828. The summed E-state index contributed by atoms with van der Waals surface area (Å²) in [6.45, 7) is 11.4. The molecule has 0 aliphatic carbocycles. The van der Waals surface area contributed by atoms with Crippen molar-refractivity contribution >= 4 is 11.0 Å². The van der Waals surface area contributed by atoms with Gasteiger partial charge in [0.05, 0.1) is 6.54 Å². The summed E-state index contributed by atoms with van der Waals surface area (Å²) in [5, 5.41) is 4.57. The Kier molecular flexibility index (Phi) is 2.87. The molecule has 2 heterocycles. The Balaban J connectivity index is 1.93. The molecule has 1 aliphatic rings. The molecule has 0 fully saturated rings. The van der Waals surface area contributed by atoms with Crippen LogP contribution in [0.25, 0.3) is 11.0 Å². The van der Waals surface area contributed by atoms with Crippen LogP contribution in [0.2, 0.25) is 0 Å². The van der Waals surface area contributed by atoms with Crippen molar-refractivity contribution in [2.45, 2.75) is 58.7 Å². The predicted molar refractivity (Wildman–Crippen MR) is 81.2 cm³/mol. The van der Waals surface area contributed by atoms with Crippen molar-refractivity contribution < 1.29 is 9.15 Å². The second-order valence-electron chi connectivity index (χ2n) is 7.33. The van der Waals surface area contributed by atoms with Gasteiger partial charge in [0.25, 0.3) is 0 Å². The summed E-state index contributed by atoms with van der Waals surface area (Å²) in [6, 6.07) is 6.38. The minimum Gasteiger partial charge on any atom is -0.483 e. The Morgan fingerprint density at radius 2 is 2.00 bits per heavy atom. The lowest BCUT2D eigenvalue weighted by atomic mass is 10.0. The highest BCUT2D eigenvalue weighted by Crippen LogP contribution is 2.41. The zero-order valence-corrected chi connectivity index (χ0v) is 13.0. The van der Waals surface area contributed by atoms with Crippen molar-refractivity contribution in [3.63, 3.8) is 0 Å². The van der Waals surface area contributed by atoms with Gasteiger partial charge < -0.3 is 14.5 Å². The van der Waals surface area contributed by atoms with E-state index in [1.165, 1.54) is 5.56 Å². The Bertz CT molecular complexity index is 647. The molecule has 0 unspecified atom stereocenters. The van der Waals surface area contributed by atoms with Crippen LogP contribution < -0.4 is 10.1 Å². The van der Waals surface area contributed by atoms with E-state index >= 15 is 0 Å². The number of ether oxygens (including phenoxy) is 1. The van der Waals surface area contributed by atoms with Crippen LogP contribution in [0.4, 0.5) is 0 Å². The van der Waals surface area contributed by atoms with E-state index in [1.54, 1.807) is 0 Å². The fraction of sp³-hybridized carbons (Fsp3) is 0.529. The van der Waals surface area contributed by atoms with Crippen molar-refractivity contribution in [1.29, 1.82) is 0 Å². The molecule has 0 saturated carbocycles. The van der Waals surface area contributed by atoms with Gasteiger partial charge in [0.1, 0.15) is 11.4 Å². The zero-order valence-electron chi connectivity index (χ0n) is 13.0. The molecule has 1 aromatic carbocycles.